The van der Waals surface area contributed by atoms with E-state index in [0.717, 1.165) is 0 Å². The van der Waals surface area contributed by atoms with Crippen molar-refractivity contribution in [3.63, 3.8) is 0 Å². The fourth-order valence-electron chi connectivity index (χ4n) is 5.27. The lowest BCUT2D eigenvalue weighted by Crippen LogP contribution is -1.99. The van der Waals surface area contributed by atoms with Crippen LogP contribution in [0.5, 0.6) is 0 Å². The number of hydrogen-bond acceptors (Lipinski definition) is 0. The van der Waals surface area contributed by atoms with Crippen LogP contribution in [-0.4, -0.2) is 37.0 Å². The molecule has 0 bridgehead atoms. The molecule has 0 amide bonds. The first-order valence-electron chi connectivity index (χ1n) is 16.7. The summed E-state index contributed by atoms with van der Waals surface area (Å²) in [5.74, 6) is 0. The highest BCUT2D eigenvalue weighted by molar-refractivity contribution is 7.57. The highest BCUT2D eigenvalue weighted by Crippen LogP contribution is 2.41. The fraction of sp³-hybridized carbons (Fsp3) is 1.00. The van der Waals surface area contributed by atoms with E-state index in [-0.39, 0.29) is 0 Å². The van der Waals surface area contributed by atoms with Gasteiger partial charge in [0.1, 0.15) is 0 Å². The van der Waals surface area contributed by atoms with E-state index in [9.17, 15) is 0 Å². The summed E-state index contributed by atoms with van der Waals surface area (Å²) in [6, 6.07) is 0. The third kappa shape index (κ3) is 27.7. The molecule has 35 heavy (non-hydrogen) atoms. The molecule has 0 heterocycles. The van der Waals surface area contributed by atoms with Crippen LogP contribution in [0.2, 0.25) is 0 Å². The summed E-state index contributed by atoms with van der Waals surface area (Å²) in [7, 11) is 0.680. The number of rotatable bonds is 30. The van der Waals surface area contributed by atoms with Gasteiger partial charge in [0, 0.05) is 0 Å². The molecule has 0 radical (unpaired) electrons. The van der Waals surface area contributed by atoms with Gasteiger partial charge >= 0.3 is 0 Å². The van der Waals surface area contributed by atoms with E-state index in [1.807, 2.05) is 0 Å². The van der Waals surface area contributed by atoms with E-state index in [1.54, 1.807) is 49.8 Å². The number of unbranched alkanes of at least 4 members (excludes halogenated alkanes) is 18. The summed E-state index contributed by atoms with van der Waals surface area (Å²) in [6.45, 7) is 9.37. The van der Waals surface area contributed by atoms with Gasteiger partial charge in [-0.15, -0.1) is 15.8 Å². The zero-order chi connectivity index (χ0) is 25.7. The van der Waals surface area contributed by atoms with Crippen molar-refractivity contribution in [2.45, 2.75) is 175 Å². The smallest absolute Gasteiger partial charge is 0.0326 e. The lowest BCUT2D eigenvalue weighted by atomic mass is 10.2. The monoisotopic (exact) mass is 528 g/mol. The molecule has 0 aromatic heterocycles. The molecule has 0 atom stereocenters. The Morgan fingerprint density at radius 1 is 0.229 bits per heavy atom. The maximum Gasteiger partial charge on any atom is -0.0326 e. The molecule has 0 saturated heterocycles. The van der Waals surface area contributed by atoms with E-state index < -0.39 is 0 Å². The zero-order valence-electron chi connectivity index (χ0n) is 25.4. The Morgan fingerprint density at radius 2 is 0.400 bits per heavy atom. The molecule has 0 nitrogen and oxygen atoms in total. The first-order valence-corrected chi connectivity index (χ1v) is 20.5. The maximum absolute atomic E-state index is 2.34. The fourth-order valence-corrected chi connectivity index (χ4v) is 10.6. The van der Waals surface area contributed by atoms with Gasteiger partial charge in [0.2, 0.25) is 0 Å². The minimum Gasteiger partial charge on any atom is -0.107 e. The topological polar surface area (TPSA) is 0 Å². The minimum atomic E-state index is 0.340. The van der Waals surface area contributed by atoms with E-state index >= 15 is 0 Å². The average Bonchev–Trinajstić information content (AvgIpc) is 2.86. The predicted octanol–water partition coefficient (Wildman–Crippen LogP) is 13.0. The van der Waals surface area contributed by atoms with Gasteiger partial charge in [-0.1, -0.05) is 137 Å². The van der Waals surface area contributed by atoms with Crippen LogP contribution < -0.4 is 0 Å². The molecule has 0 rings (SSSR count). The molecular weight excluding hydrogens is 458 g/mol. The van der Waals surface area contributed by atoms with Crippen molar-refractivity contribution in [1.82, 2.24) is 0 Å². The predicted molar refractivity (Wildman–Crippen MR) is 172 cm³/mol. The van der Waals surface area contributed by atoms with Crippen LogP contribution in [-0.2, 0) is 0 Å². The van der Waals surface area contributed by atoms with Crippen LogP contribution in [0.1, 0.15) is 175 Å². The van der Waals surface area contributed by atoms with Crippen LogP contribution in [0.3, 0.4) is 0 Å². The van der Waals surface area contributed by atoms with Gasteiger partial charge < -0.3 is 0 Å². The number of hydrogen-bond donors (Lipinski definition) is 0. The molecule has 0 aliphatic carbocycles. The van der Waals surface area contributed by atoms with Gasteiger partial charge in [-0.25, -0.2) is 0 Å². The van der Waals surface area contributed by atoms with E-state index in [2.05, 4.69) is 27.7 Å². The van der Waals surface area contributed by atoms with Crippen molar-refractivity contribution in [2.24, 2.45) is 0 Å². The quantitative estimate of drug-likeness (QED) is 0.0642. The van der Waals surface area contributed by atoms with Gasteiger partial charge in [0.15, 0.2) is 0 Å². The Kier molecular flexibility index (Phi) is 31.8. The second-order valence-electron chi connectivity index (χ2n) is 11.4. The van der Waals surface area contributed by atoms with Crippen LogP contribution in [0.4, 0.5) is 0 Å². The third-order valence-corrected chi connectivity index (χ3v) is 13.5. The van der Waals surface area contributed by atoms with Crippen molar-refractivity contribution < 1.29 is 0 Å². The third-order valence-electron chi connectivity index (χ3n) is 7.76. The van der Waals surface area contributed by atoms with Crippen molar-refractivity contribution in [3.05, 3.63) is 0 Å². The minimum absolute atomic E-state index is 0.340. The van der Waals surface area contributed by atoms with Gasteiger partial charge in [0.25, 0.3) is 0 Å². The Hall–Kier alpha value is 0.860. The summed E-state index contributed by atoms with van der Waals surface area (Å²) in [4.78, 5) is 0. The Bertz CT molecular complexity index is 308. The molecule has 0 aliphatic heterocycles. The molecule has 0 aromatic carbocycles. The molecule has 0 spiro atoms. The molecule has 2 heteroatoms. The highest BCUT2D eigenvalue weighted by atomic mass is 31.1. The molecule has 0 aliphatic rings. The normalized spacial score (nSPS) is 11.8. The second kappa shape index (κ2) is 31.1. The van der Waals surface area contributed by atoms with E-state index in [4.69, 9.17) is 0 Å². The van der Waals surface area contributed by atoms with Crippen molar-refractivity contribution in [2.75, 3.05) is 37.0 Å². The SMILES string of the molecule is CCCCCCCP(CCCCCCC)CCCCCP(CCCCCCC)CCCCCCC. The van der Waals surface area contributed by atoms with Crippen LogP contribution in [0.25, 0.3) is 0 Å². The van der Waals surface area contributed by atoms with Gasteiger partial charge in [-0.2, -0.15) is 0 Å². The standard InChI is InChI=1S/C33H70P2/c1-5-9-13-17-22-28-34(29-23-18-14-10-6-2)32-26-21-27-33-35(30-24-19-15-11-7-3)31-25-20-16-12-8-4/h5-33H2,1-4H3. The molecule has 0 N–H and O–H groups in total. The molecular formula is C33H70P2. The molecule has 0 fully saturated rings. The zero-order valence-corrected chi connectivity index (χ0v) is 27.2. The Balaban J connectivity index is 4.21. The van der Waals surface area contributed by atoms with Crippen molar-refractivity contribution >= 4 is 15.8 Å². The van der Waals surface area contributed by atoms with Crippen LogP contribution in [0.15, 0.2) is 0 Å². The summed E-state index contributed by atoms with van der Waals surface area (Å²) in [5.41, 5.74) is 0. The molecule has 0 unspecified atom stereocenters. The molecule has 0 saturated carbocycles. The largest absolute Gasteiger partial charge is 0.107 e. The van der Waals surface area contributed by atoms with E-state index in [0.29, 0.717) is 15.8 Å². The summed E-state index contributed by atoms with van der Waals surface area (Å²) in [6.07, 6.45) is 43.6. The van der Waals surface area contributed by atoms with Gasteiger partial charge in [-0.05, 0) is 75.5 Å². The summed E-state index contributed by atoms with van der Waals surface area (Å²) >= 11 is 0. The Labute approximate surface area is 227 Å². The van der Waals surface area contributed by atoms with Crippen molar-refractivity contribution in [1.29, 1.82) is 0 Å². The first kappa shape index (κ1) is 35.9. The van der Waals surface area contributed by atoms with Gasteiger partial charge in [0.05, 0.1) is 0 Å². The van der Waals surface area contributed by atoms with Crippen LogP contribution in [0, 0.1) is 0 Å². The van der Waals surface area contributed by atoms with Crippen LogP contribution >= 0.6 is 15.8 Å². The molecule has 212 valence electrons. The Morgan fingerprint density at radius 3 is 0.600 bits per heavy atom. The lowest BCUT2D eigenvalue weighted by Gasteiger charge is -2.20. The van der Waals surface area contributed by atoms with E-state index in [1.165, 1.54) is 135 Å². The van der Waals surface area contributed by atoms with Gasteiger partial charge in [-0.3, -0.25) is 0 Å². The van der Waals surface area contributed by atoms with Crippen molar-refractivity contribution in [3.8, 4) is 0 Å². The first-order chi connectivity index (χ1) is 17.3. The summed E-state index contributed by atoms with van der Waals surface area (Å²) in [5, 5.41) is 0. The highest BCUT2D eigenvalue weighted by Gasteiger charge is 2.10. The average molecular weight is 529 g/mol. The summed E-state index contributed by atoms with van der Waals surface area (Å²) < 4.78 is 0. The molecule has 0 aromatic rings. The second-order valence-corrected chi connectivity index (χ2v) is 16.8. The maximum atomic E-state index is 2.34. The lowest BCUT2D eigenvalue weighted by molar-refractivity contribution is 0.650.